The van der Waals surface area contributed by atoms with Gasteiger partial charge in [-0.05, 0) is 38.6 Å². The van der Waals surface area contributed by atoms with Gasteiger partial charge in [0.15, 0.2) is 0 Å². The van der Waals surface area contributed by atoms with Crippen LogP contribution in [-0.2, 0) is 4.79 Å². The third-order valence-corrected chi connectivity index (χ3v) is 3.26. The molecule has 0 saturated carbocycles. The van der Waals surface area contributed by atoms with Crippen molar-refractivity contribution in [2.45, 2.75) is 25.7 Å². The van der Waals surface area contributed by atoms with Crippen molar-refractivity contribution in [3.8, 4) is 0 Å². The van der Waals surface area contributed by atoms with E-state index in [1.165, 1.54) is 6.42 Å². The lowest BCUT2D eigenvalue weighted by Crippen LogP contribution is -2.29. The molecule has 0 aliphatic heterocycles. The molecule has 0 spiro atoms. The number of carbonyl (C=O) groups is 1. The van der Waals surface area contributed by atoms with E-state index in [0.29, 0.717) is 11.5 Å². The summed E-state index contributed by atoms with van der Waals surface area (Å²) in [5, 5.41) is 3.11. The number of carbonyl (C=O) groups excluding carboxylic acids is 1. The first kappa shape index (κ1) is 13.0. The van der Waals surface area contributed by atoms with Gasteiger partial charge in [-0.25, -0.2) is 0 Å². The van der Waals surface area contributed by atoms with Crippen molar-refractivity contribution in [3.63, 3.8) is 0 Å². The Morgan fingerprint density at radius 3 is 2.88 bits per heavy atom. The van der Waals surface area contributed by atoms with E-state index in [0.717, 1.165) is 25.8 Å². The van der Waals surface area contributed by atoms with Gasteiger partial charge in [-0.3, -0.25) is 4.79 Å². The normalized spacial score (nSPS) is 21.7. The lowest BCUT2D eigenvalue weighted by molar-refractivity contribution is -0.115. The van der Waals surface area contributed by atoms with Gasteiger partial charge in [0.25, 0.3) is 0 Å². The molecular weight excluding hydrogens is 200 g/mol. The second kappa shape index (κ2) is 6.48. The molecule has 1 aliphatic carbocycles. The van der Waals surface area contributed by atoms with E-state index in [1.807, 2.05) is 7.05 Å². The molecular formula is C13H22N2O. The fourth-order valence-electron chi connectivity index (χ4n) is 2.27. The third kappa shape index (κ3) is 3.81. The summed E-state index contributed by atoms with van der Waals surface area (Å²) in [5.74, 6) is 0.477. The average molecular weight is 222 g/mol. The van der Waals surface area contributed by atoms with Crippen LogP contribution in [0.25, 0.3) is 0 Å². The number of rotatable bonds is 6. The Labute approximate surface area is 97.8 Å². The Bertz CT molecular complexity index is 284. The van der Waals surface area contributed by atoms with Gasteiger partial charge in [0, 0.05) is 18.0 Å². The van der Waals surface area contributed by atoms with Crippen LogP contribution in [0.2, 0.25) is 0 Å². The molecule has 0 bridgehead atoms. The van der Waals surface area contributed by atoms with Crippen LogP contribution in [0.3, 0.4) is 0 Å². The largest absolute Gasteiger partial charge is 0.366 e. The van der Waals surface area contributed by atoms with Crippen molar-refractivity contribution in [1.82, 2.24) is 5.32 Å². The minimum atomic E-state index is -0.369. The molecule has 0 aromatic rings. The van der Waals surface area contributed by atoms with Gasteiger partial charge in [-0.1, -0.05) is 18.7 Å². The monoisotopic (exact) mass is 222 g/mol. The van der Waals surface area contributed by atoms with Crippen molar-refractivity contribution in [1.29, 1.82) is 0 Å². The quantitative estimate of drug-likeness (QED) is 0.530. The minimum Gasteiger partial charge on any atom is -0.366 e. The summed E-state index contributed by atoms with van der Waals surface area (Å²) in [4.78, 5) is 11.1. The van der Waals surface area contributed by atoms with Crippen LogP contribution in [0.4, 0.5) is 0 Å². The van der Waals surface area contributed by atoms with Crippen LogP contribution in [0.15, 0.2) is 24.3 Å². The number of nitrogens with one attached hydrogen (secondary N) is 1. The maximum atomic E-state index is 11.1. The Morgan fingerprint density at radius 1 is 1.62 bits per heavy atom. The highest BCUT2D eigenvalue weighted by Gasteiger charge is 2.21. The molecule has 1 amide bonds. The van der Waals surface area contributed by atoms with Crippen LogP contribution in [0.1, 0.15) is 25.7 Å². The summed E-state index contributed by atoms with van der Waals surface area (Å²) >= 11 is 0. The first-order valence-electron chi connectivity index (χ1n) is 5.93. The molecule has 90 valence electrons. The zero-order chi connectivity index (χ0) is 12.0. The van der Waals surface area contributed by atoms with Gasteiger partial charge in [0.1, 0.15) is 0 Å². The van der Waals surface area contributed by atoms with Gasteiger partial charge in [0.2, 0.25) is 5.91 Å². The Morgan fingerprint density at radius 2 is 2.38 bits per heavy atom. The average Bonchev–Trinajstić information content (AvgIpc) is 2.29. The highest BCUT2D eigenvalue weighted by Crippen LogP contribution is 2.27. The van der Waals surface area contributed by atoms with Crippen molar-refractivity contribution < 1.29 is 4.79 Å². The van der Waals surface area contributed by atoms with E-state index < -0.39 is 0 Å². The molecule has 3 nitrogen and oxygen atoms in total. The highest BCUT2D eigenvalue weighted by atomic mass is 16.1. The minimum absolute atomic E-state index is 0.180. The molecule has 0 fully saturated rings. The topological polar surface area (TPSA) is 55.1 Å². The van der Waals surface area contributed by atoms with Crippen molar-refractivity contribution in [2.75, 3.05) is 13.6 Å². The number of hydrogen-bond acceptors (Lipinski definition) is 2. The summed E-state index contributed by atoms with van der Waals surface area (Å²) in [6.45, 7) is 4.59. The summed E-state index contributed by atoms with van der Waals surface area (Å²) in [6, 6.07) is 0. The number of hydrogen-bond donors (Lipinski definition) is 2. The van der Waals surface area contributed by atoms with Crippen LogP contribution < -0.4 is 11.1 Å². The van der Waals surface area contributed by atoms with Gasteiger partial charge in [0.05, 0.1) is 0 Å². The van der Waals surface area contributed by atoms with Crippen molar-refractivity contribution in [3.05, 3.63) is 24.3 Å². The Hall–Kier alpha value is -1.09. The fraction of sp³-hybridized carbons (Fsp3) is 0.615. The van der Waals surface area contributed by atoms with E-state index >= 15 is 0 Å². The van der Waals surface area contributed by atoms with Gasteiger partial charge in [-0.15, -0.1) is 0 Å². The molecule has 1 unspecified atom stereocenters. The van der Waals surface area contributed by atoms with Crippen LogP contribution in [0, 0.1) is 11.8 Å². The molecule has 3 N–H and O–H groups in total. The molecule has 16 heavy (non-hydrogen) atoms. The van der Waals surface area contributed by atoms with Crippen LogP contribution in [0.5, 0.6) is 0 Å². The molecule has 0 heterocycles. The zero-order valence-corrected chi connectivity index (χ0v) is 10.0. The maximum absolute atomic E-state index is 11.1. The first-order valence-corrected chi connectivity index (χ1v) is 5.93. The molecule has 1 rings (SSSR count). The van der Waals surface area contributed by atoms with Crippen LogP contribution in [-0.4, -0.2) is 19.5 Å². The standard InChI is InChI=1S/C13H22N2O/c1-10(13(14)16)12(9-15-2)8-11-6-4-3-5-7-11/h3-4,11-12,15H,1,5-9H2,2H3,(H2,14,16)/t11?,12-/m0/s1. The first-order chi connectivity index (χ1) is 7.65. The second-order valence-electron chi connectivity index (χ2n) is 4.53. The lowest BCUT2D eigenvalue weighted by atomic mass is 9.83. The van der Waals surface area contributed by atoms with Crippen LogP contribution >= 0.6 is 0 Å². The second-order valence-corrected chi connectivity index (χ2v) is 4.53. The Balaban J connectivity index is 2.53. The molecule has 0 radical (unpaired) electrons. The number of allylic oxidation sites excluding steroid dienone is 2. The predicted molar refractivity (Wildman–Crippen MR) is 66.8 cm³/mol. The zero-order valence-electron chi connectivity index (χ0n) is 10.0. The smallest absolute Gasteiger partial charge is 0.244 e. The highest BCUT2D eigenvalue weighted by molar-refractivity contribution is 5.91. The van der Waals surface area contributed by atoms with E-state index in [9.17, 15) is 4.79 Å². The molecule has 1 aliphatic rings. The number of amides is 1. The molecule has 3 heteroatoms. The summed E-state index contributed by atoms with van der Waals surface area (Å²) in [5.41, 5.74) is 5.85. The third-order valence-electron chi connectivity index (χ3n) is 3.26. The molecule has 0 saturated heterocycles. The molecule has 2 atom stereocenters. The number of nitrogens with two attached hydrogens (primary N) is 1. The summed E-state index contributed by atoms with van der Waals surface area (Å²) in [7, 11) is 1.89. The van der Waals surface area contributed by atoms with E-state index in [2.05, 4.69) is 24.0 Å². The maximum Gasteiger partial charge on any atom is 0.244 e. The Kier molecular flexibility index (Phi) is 5.26. The van der Waals surface area contributed by atoms with E-state index in [-0.39, 0.29) is 11.8 Å². The van der Waals surface area contributed by atoms with Gasteiger partial charge >= 0.3 is 0 Å². The van der Waals surface area contributed by atoms with Crippen molar-refractivity contribution >= 4 is 5.91 Å². The SMILES string of the molecule is C=C(C(N)=O)[C@H](CNC)CC1CC=CCC1. The fourth-order valence-corrected chi connectivity index (χ4v) is 2.27. The van der Waals surface area contributed by atoms with Crippen molar-refractivity contribution in [2.24, 2.45) is 17.6 Å². The number of primary amides is 1. The summed E-state index contributed by atoms with van der Waals surface area (Å²) < 4.78 is 0. The predicted octanol–water partition coefficient (Wildman–Crippen LogP) is 1.61. The van der Waals surface area contributed by atoms with Gasteiger partial charge in [-0.2, -0.15) is 0 Å². The van der Waals surface area contributed by atoms with Gasteiger partial charge < -0.3 is 11.1 Å². The lowest BCUT2D eigenvalue weighted by Gasteiger charge is -2.24. The van der Waals surface area contributed by atoms with E-state index in [1.54, 1.807) is 0 Å². The van der Waals surface area contributed by atoms with E-state index in [4.69, 9.17) is 5.73 Å². The molecule has 0 aromatic carbocycles. The molecule has 0 aromatic heterocycles. The summed E-state index contributed by atoms with van der Waals surface area (Å²) in [6.07, 6.45) is 8.95.